The summed E-state index contributed by atoms with van der Waals surface area (Å²) in [6, 6.07) is 9.71. The molecule has 0 unspecified atom stereocenters. The molecule has 5 nitrogen and oxygen atoms in total. The van der Waals surface area contributed by atoms with Crippen molar-refractivity contribution in [2.24, 2.45) is 5.92 Å². The fourth-order valence-corrected chi connectivity index (χ4v) is 3.16. The van der Waals surface area contributed by atoms with E-state index < -0.39 is 0 Å². The SMILES string of the molecule is O=C(CCCOc1ccccc1)N1CCC(C2OCCO2)CC1. The lowest BCUT2D eigenvalue weighted by molar-refractivity contribution is -0.137. The zero-order chi connectivity index (χ0) is 15.9. The summed E-state index contributed by atoms with van der Waals surface area (Å²) in [6.07, 6.45) is 3.19. The number of hydrogen-bond donors (Lipinski definition) is 0. The number of rotatable bonds is 6. The first-order valence-corrected chi connectivity index (χ1v) is 8.52. The molecule has 0 spiro atoms. The van der Waals surface area contributed by atoms with Gasteiger partial charge in [0, 0.05) is 25.4 Å². The van der Waals surface area contributed by atoms with Crippen molar-refractivity contribution in [3.8, 4) is 5.75 Å². The number of para-hydroxylation sites is 1. The van der Waals surface area contributed by atoms with Gasteiger partial charge in [-0.2, -0.15) is 0 Å². The van der Waals surface area contributed by atoms with Crippen LogP contribution in [0.3, 0.4) is 0 Å². The van der Waals surface area contributed by atoms with Crippen LogP contribution in [0.5, 0.6) is 5.75 Å². The molecule has 23 heavy (non-hydrogen) atoms. The summed E-state index contributed by atoms with van der Waals surface area (Å²) in [5.74, 6) is 1.52. The van der Waals surface area contributed by atoms with Crippen LogP contribution in [0.25, 0.3) is 0 Å². The summed E-state index contributed by atoms with van der Waals surface area (Å²) < 4.78 is 16.8. The third kappa shape index (κ3) is 4.69. The number of piperidine rings is 1. The van der Waals surface area contributed by atoms with Crippen molar-refractivity contribution in [1.29, 1.82) is 0 Å². The van der Waals surface area contributed by atoms with Gasteiger partial charge in [-0.15, -0.1) is 0 Å². The second-order valence-corrected chi connectivity index (χ2v) is 6.09. The Morgan fingerprint density at radius 1 is 1.13 bits per heavy atom. The fourth-order valence-electron chi connectivity index (χ4n) is 3.16. The summed E-state index contributed by atoms with van der Waals surface area (Å²) in [5.41, 5.74) is 0. The van der Waals surface area contributed by atoms with Gasteiger partial charge in [0.25, 0.3) is 0 Å². The van der Waals surface area contributed by atoms with Crippen LogP contribution in [-0.2, 0) is 14.3 Å². The van der Waals surface area contributed by atoms with Gasteiger partial charge >= 0.3 is 0 Å². The van der Waals surface area contributed by atoms with E-state index in [1.54, 1.807) is 0 Å². The number of carbonyl (C=O) groups is 1. The maximum Gasteiger partial charge on any atom is 0.222 e. The van der Waals surface area contributed by atoms with Gasteiger partial charge in [0.2, 0.25) is 5.91 Å². The van der Waals surface area contributed by atoms with Crippen LogP contribution in [0, 0.1) is 5.92 Å². The molecule has 0 atom stereocenters. The Labute approximate surface area is 137 Å². The first kappa shape index (κ1) is 16.3. The Morgan fingerprint density at radius 3 is 2.52 bits per heavy atom. The van der Waals surface area contributed by atoms with Gasteiger partial charge in [-0.3, -0.25) is 4.79 Å². The molecule has 2 heterocycles. The number of likely N-dealkylation sites (tertiary alicyclic amines) is 1. The molecule has 1 aromatic rings. The maximum absolute atomic E-state index is 12.2. The van der Waals surface area contributed by atoms with Crippen molar-refractivity contribution in [3.63, 3.8) is 0 Å². The van der Waals surface area contributed by atoms with Crippen LogP contribution >= 0.6 is 0 Å². The van der Waals surface area contributed by atoms with Crippen molar-refractivity contribution >= 4 is 5.91 Å². The van der Waals surface area contributed by atoms with Crippen LogP contribution in [0.15, 0.2) is 30.3 Å². The molecule has 0 aromatic heterocycles. The first-order chi connectivity index (χ1) is 11.3. The molecular weight excluding hydrogens is 294 g/mol. The molecule has 2 aliphatic rings. The van der Waals surface area contributed by atoms with E-state index in [2.05, 4.69) is 0 Å². The largest absolute Gasteiger partial charge is 0.494 e. The number of nitrogens with zero attached hydrogens (tertiary/aromatic N) is 1. The highest BCUT2D eigenvalue weighted by Crippen LogP contribution is 2.26. The van der Waals surface area contributed by atoms with Crippen molar-refractivity contribution in [1.82, 2.24) is 4.90 Å². The van der Waals surface area contributed by atoms with Crippen molar-refractivity contribution < 1.29 is 19.0 Å². The average molecular weight is 319 g/mol. The maximum atomic E-state index is 12.2. The summed E-state index contributed by atoms with van der Waals surface area (Å²) in [7, 11) is 0. The first-order valence-electron chi connectivity index (χ1n) is 8.52. The number of ether oxygens (including phenoxy) is 3. The minimum absolute atomic E-state index is 0.0495. The van der Waals surface area contributed by atoms with E-state index in [0.717, 1.165) is 38.1 Å². The number of carbonyl (C=O) groups excluding carboxylic acids is 1. The van der Waals surface area contributed by atoms with E-state index in [1.165, 1.54) is 0 Å². The molecule has 2 fully saturated rings. The molecule has 0 bridgehead atoms. The van der Waals surface area contributed by atoms with Gasteiger partial charge < -0.3 is 19.1 Å². The molecule has 1 amide bonds. The second-order valence-electron chi connectivity index (χ2n) is 6.09. The van der Waals surface area contributed by atoms with Crippen molar-refractivity contribution in [2.45, 2.75) is 32.0 Å². The van der Waals surface area contributed by atoms with Gasteiger partial charge in [0.05, 0.1) is 19.8 Å². The van der Waals surface area contributed by atoms with E-state index in [-0.39, 0.29) is 12.2 Å². The zero-order valence-electron chi connectivity index (χ0n) is 13.5. The highest BCUT2D eigenvalue weighted by molar-refractivity contribution is 5.76. The number of hydrogen-bond acceptors (Lipinski definition) is 4. The molecule has 0 aliphatic carbocycles. The number of amides is 1. The lowest BCUT2D eigenvalue weighted by atomic mass is 9.96. The molecule has 5 heteroatoms. The van der Waals surface area contributed by atoms with Crippen LogP contribution in [0.1, 0.15) is 25.7 Å². The molecule has 0 N–H and O–H groups in total. The van der Waals surface area contributed by atoms with Gasteiger partial charge in [0.1, 0.15) is 5.75 Å². The van der Waals surface area contributed by atoms with E-state index in [9.17, 15) is 4.79 Å². The standard InChI is InChI=1S/C18H25NO4/c20-17(7-4-12-21-16-5-2-1-3-6-16)19-10-8-15(9-11-19)18-22-13-14-23-18/h1-3,5-6,15,18H,4,7-14H2. The van der Waals surface area contributed by atoms with Crippen molar-refractivity contribution in [3.05, 3.63) is 30.3 Å². The fraction of sp³-hybridized carbons (Fsp3) is 0.611. The average Bonchev–Trinajstić information content (AvgIpc) is 3.14. The molecule has 0 radical (unpaired) electrons. The predicted molar refractivity (Wildman–Crippen MR) is 86.2 cm³/mol. The third-order valence-electron chi connectivity index (χ3n) is 4.47. The smallest absolute Gasteiger partial charge is 0.222 e. The topological polar surface area (TPSA) is 48.0 Å². The molecule has 126 valence electrons. The summed E-state index contributed by atoms with van der Waals surface area (Å²) >= 11 is 0. The zero-order valence-corrected chi connectivity index (χ0v) is 13.5. The van der Waals surface area contributed by atoms with Crippen molar-refractivity contribution in [2.75, 3.05) is 32.9 Å². The quantitative estimate of drug-likeness (QED) is 0.756. The normalized spacial score (nSPS) is 19.9. The molecule has 3 rings (SSSR count). The van der Waals surface area contributed by atoms with Gasteiger partial charge in [-0.25, -0.2) is 0 Å². The van der Waals surface area contributed by atoms with E-state index in [4.69, 9.17) is 14.2 Å². The Kier molecular flexibility index (Phi) is 5.88. The molecule has 2 aliphatic heterocycles. The minimum Gasteiger partial charge on any atom is -0.494 e. The minimum atomic E-state index is -0.0495. The predicted octanol–water partition coefficient (Wildman–Crippen LogP) is 2.46. The second kappa shape index (κ2) is 8.31. The van der Waals surface area contributed by atoms with Crippen LogP contribution < -0.4 is 4.74 Å². The Hall–Kier alpha value is -1.59. The van der Waals surface area contributed by atoms with E-state index in [1.807, 2.05) is 35.2 Å². The monoisotopic (exact) mass is 319 g/mol. The molecule has 0 saturated carbocycles. The summed E-state index contributed by atoms with van der Waals surface area (Å²) in [4.78, 5) is 14.2. The Balaban J connectivity index is 1.31. The molecule has 1 aromatic carbocycles. The van der Waals surface area contributed by atoms with E-state index >= 15 is 0 Å². The summed E-state index contributed by atoms with van der Waals surface area (Å²) in [5, 5.41) is 0. The van der Waals surface area contributed by atoms with Crippen LogP contribution in [-0.4, -0.2) is 50.0 Å². The lowest BCUT2D eigenvalue weighted by Gasteiger charge is -2.33. The van der Waals surface area contributed by atoms with Gasteiger partial charge in [0.15, 0.2) is 6.29 Å². The number of benzene rings is 1. The lowest BCUT2D eigenvalue weighted by Crippen LogP contribution is -2.41. The van der Waals surface area contributed by atoms with E-state index in [0.29, 0.717) is 32.2 Å². The Bertz CT molecular complexity index is 479. The summed E-state index contributed by atoms with van der Waals surface area (Å²) in [6.45, 7) is 3.60. The third-order valence-corrected chi connectivity index (χ3v) is 4.47. The Morgan fingerprint density at radius 2 is 1.83 bits per heavy atom. The molecule has 2 saturated heterocycles. The highest BCUT2D eigenvalue weighted by Gasteiger charge is 2.31. The highest BCUT2D eigenvalue weighted by atomic mass is 16.7. The molecular formula is C18H25NO4. The van der Waals surface area contributed by atoms with Gasteiger partial charge in [-0.1, -0.05) is 18.2 Å². The van der Waals surface area contributed by atoms with Gasteiger partial charge in [-0.05, 0) is 31.4 Å². The van der Waals surface area contributed by atoms with Crippen LogP contribution in [0.4, 0.5) is 0 Å². The van der Waals surface area contributed by atoms with Crippen LogP contribution in [0.2, 0.25) is 0 Å².